The van der Waals surface area contributed by atoms with E-state index in [0.717, 1.165) is 27.0 Å². The summed E-state index contributed by atoms with van der Waals surface area (Å²) in [5, 5.41) is 3.29. The van der Waals surface area contributed by atoms with Crippen molar-refractivity contribution in [3.63, 3.8) is 0 Å². The molecule has 0 atom stereocenters. The summed E-state index contributed by atoms with van der Waals surface area (Å²) in [7, 11) is 0. The van der Waals surface area contributed by atoms with Crippen LogP contribution in [0.15, 0.2) is 77.3 Å². The molecule has 122 valence electrons. The van der Waals surface area contributed by atoms with E-state index in [4.69, 9.17) is 4.74 Å². The molecule has 0 aromatic heterocycles. The molecule has 3 rings (SSSR count). The van der Waals surface area contributed by atoms with E-state index in [-0.39, 0.29) is 5.82 Å². The van der Waals surface area contributed by atoms with Crippen LogP contribution >= 0.6 is 15.9 Å². The smallest absolute Gasteiger partial charge is 0.124 e. The van der Waals surface area contributed by atoms with Crippen molar-refractivity contribution >= 4 is 21.6 Å². The molecule has 0 aliphatic rings. The van der Waals surface area contributed by atoms with Gasteiger partial charge in [-0.25, -0.2) is 4.39 Å². The molecule has 0 amide bonds. The summed E-state index contributed by atoms with van der Waals surface area (Å²) >= 11 is 3.50. The van der Waals surface area contributed by atoms with Gasteiger partial charge in [0.25, 0.3) is 0 Å². The molecule has 3 aromatic carbocycles. The van der Waals surface area contributed by atoms with Crippen molar-refractivity contribution < 1.29 is 9.13 Å². The highest BCUT2D eigenvalue weighted by Gasteiger charge is 2.06. The fourth-order valence-electron chi connectivity index (χ4n) is 2.33. The van der Waals surface area contributed by atoms with E-state index < -0.39 is 0 Å². The van der Waals surface area contributed by atoms with E-state index in [1.807, 2.05) is 48.5 Å². The number of benzene rings is 3. The first-order valence-electron chi connectivity index (χ1n) is 7.65. The van der Waals surface area contributed by atoms with Crippen LogP contribution in [0.3, 0.4) is 0 Å². The van der Waals surface area contributed by atoms with Gasteiger partial charge in [-0.1, -0.05) is 46.3 Å². The van der Waals surface area contributed by atoms with Crippen LogP contribution in [0.4, 0.5) is 10.1 Å². The van der Waals surface area contributed by atoms with Gasteiger partial charge in [0.2, 0.25) is 0 Å². The first kappa shape index (κ1) is 16.5. The maximum absolute atomic E-state index is 13.0. The van der Waals surface area contributed by atoms with Gasteiger partial charge in [0.1, 0.15) is 18.2 Å². The van der Waals surface area contributed by atoms with E-state index in [1.165, 1.54) is 12.1 Å². The Morgan fingerprint density at radius 1 is 0.917 bits per heavy atom. The summed E-state index contributed by atoms with van der Waals surface area (Å²) in [5.41, 5.74) is 3.02. The quantitative estimate of drug-likeness (QED) is 0.580. The van der Waals surface area contributed by atoms with Crippen LogP contribution in [-0.2, 0) is 13.2 Å². The summed E-state index contributed by atoms with van der Waals surface area (Å²) in [5.74, 6) is 0.589. The zero-order valence-corrected chi connectivity index (χ0v) is 14.6. The molecule has 0 saturated heterocycles. The van der Waals surface area contributed by atoms with Gasteiger partial charge in [-0.2, -0.15) is 0 Å². The Morgan fingerprint density at radius 3 is 2.42 bits per heavy atom. The van der Waals surface area contributed by atoms with Crippen molar-refractivity contribution in [1.29, 1.82) is 0 Å². The highest BCUT2D eigenvalue weighted by atomic mass is 79.9. The summed E-state index contributed by atoms with van der Waals surface area (Å²) in [4.78, 5) is 0. The van der Waals surface area contributed by atoms with Gasteiger partial charge >= 0.3 is 0 Å². The highest BCUT2D eigenvalue weighted by Crippen LogP contribution is 2.25. The third kappa shape index (κ3) is 4.59. The molecular weight excluding hydrogens is 369 g/mol. The maximum Gasteiger partial charge on any atom is 0.124 e. The summed E-state index contributed by atoms with van der Waals surface area (Å²) in [6.45, 7) is 1.11. The van der Waals surface area contributed by atoms with E-state index in [2.05, 4.69) is 21.2 Å². The average Bonchev–Trinajstić information content (AvgIpc) is 2.61. The van der Waals surface area contributed by atoms with Crippen LogP contribution in [0.2, 0.25) is 0 Å². The Labute approximate surface area is 149 Å². The molecule has 0 heterocycles. The van der Waals surface area contributed by atoms with Gasteiger partial charge in [-0.3, -0.25) is 0 Å². The molecule has 0 bridgehead atoms. The second-order valence-corrected chi connectivity index (χ2v) is 6.30. The summed E-state index contributed by atoms with van der Waals surface area (Å²) in [6.07, 6.45) is 0. The number of anilines is 1. The van der Waals surface area contributed by atoms with Gasteiger partial charge in [0.05, 0.1) is 0 Å². The van der Waals surface area contributed by atoms with Gasteiger partial charge in [0, 0.05) is 22.3 Å². The second-order valence-electron chi connectivity index (χ2n) is 5.39. The van der Waals surface area contributed by atoms with E-state index in [0.29, 0.717) is 13.2 Å². The summed E-state index contributed by atoms with van der Waals surface area (Å²) in [6, 6.07) is 22.3. The predicted octanol–water partition coefficient (Wildman–Crippen LogP) is 5.78. The van der Waals surface area contributed by atoms with E-state index in [1.54, 1.807) is 12.1 Å². The van der Waals surface area contributed by atoms with E-state index in [9.17, 15) is 4.39 Å². The lowest BCUT2D eigenvalue weighted by atomic mass is 10.2. The Hall–Kier alpha value is -2.33. The van der Waals surface area contributed by atoms with Gasteiger partial charge in [0.15, 0.2) is 0 Å². The minimum atomic E-state index is -0.241. The zero-order chi connectivity index (χ0) is 16.8. The number of hydrogen-bond donors (Lipinski definition) is 1. The molecule has 4 heteroatoms. The molecule has 0 aliphatic carbocycles. The maximum atomic E-state index is 13.0. The average molecular weight is 386 g/mol. The molecular formula is C20H17BrFNO. The van der Waals surface area contributed by atoms with E-state index >= 15 is 0 Å². The van der Waals surface area contributed by atoms with Crippen LogP contribution in [0.1, 0.15) is 11.1 Å². The zero-order valence-electron chi connectivity index (χ0n) is 13.0. The number of rotatable bonds is 6. The number of hydrogen-bond acceptors (Lipinski definition) is 2. The van der Waals surface area contributed by atoms with Crippen LogP contribution in [0, 0.1) is 5.82 Å². The predicted molar refractivity (Wildman–Crippen MR) is 98.6 cm³/mol. The van der Waals surface area contributed by atoms with Gasteiger partial charge in [-0.05, 0) is 48.0 Å². The van der Waals surface area contributed by atoms with Crippen molar-refractivity contribution in [2.24, 2.45) is 0 Å². The van der Waals surface area contributed by atoms with Crippen molar-refractivity contribution in [1.82, 2.24) is 0 Å². The first-order chi connectivity index (χ1) is 11.7. The number of nitrogens with one attached hydrogen (secondary N) is 1. The molecule has 0 radical (unpaired) electrons. The van der Waals surface area contributed by atoms with Crippen LogP contribution < -0.4 is 10.1 Å². The Balaban J connectivity index is 1.69. The molecule has 0 saturated carbocycles. The van der Waals surface area contributed by atoms with Gasteiger partial charge < -0.3 is 10.1 Å². The Morgan fingerprint density at radius 2 is 1.67 bits per heavy atom. The first-order valence-corrected chi connectivity index (χ1v) is 8.44. The van der Waals surface area contributed by atoms with Crippen LogP contribution in [-0.4, -0.2) is 0 Å². The van der Waals surface area contributed by atoms with Gasteiger partial charge in [-0.15, -0.1) is 0 Å². The van der Waals surface area contributed by atoms with Crippen molar-refractivity contribution in [3.05, 3.63) is 94.2 Å². The fourth-order valence-corrected chi connectivity index (χ4v) is 2.74. The molecule has 24 heavy (non-hydrogen) atoms. The molecule has 2 nitrogen and oxygen atoms in total. The fraction of sp³-hybridized carbons (Fsp3) is 0.100. The lowest BCUT2D eigenvalue weighted by Crippen LogP contribution is -2.04. The highest BCUT2D eigenvalue weighted by molar-refractivity contribution is 9.10. The molecule has 0 fully saturated rings. The molecule has 0 aliphatic heterocycles. The third-order valence-electron chi connectivity index (χ3n) is 3.59. The third-order valence-corrected chi connectivity index (χ3v) is 4.08. The normalized spacial score (nSPS) is 10.4. The topological polar surface area (TPSA) is 21.3 Å². The second kappa shape index (κ2) is 7.97. The molecule has 1 N–H and O–H groups in total. The van der Waals surface area contributed by atoms with Crippen molar-refractivity contribution in [3.8, 4) is 5.75 Å². The minimum Gasteiger partial charge on any atom is -0.489 e. The SMILES string of the molecule is Fc1ccc(NCc2cc(Br)ccc2OCc2ccccc2)cc1. The minimum absolute atomic E-state index is 0.241. The molecule has 3 aromatic rings. The lowest BCUT2D eigenvalue weighted by Gasteiger charge is -2.13. The Bertz CT molecular complexity index is 790. The van der Waals surface area contributed by atoms with Crippen molar-refractivity contribution in [2.45, 2.75) is 13.2 Å². The van der Waals surface area contributed by atoms with Crippen molar-refractivity contribution in [2.75, 3.05) is 5.32 Å². The molecule has 0 unspecified atom stereocenters. The lowest BCUT2D eigenvalue weighted by molar-refractivity contribution is 0.303. The summed E-state index contributed by atoms with van der Waals surface area (Å²) < 4.78 is 19.9. The van der Waals surface area contributed by atoms with Crippen LogP contribution in [0.5, 0.6) is 5.75 Å². The number of halogens is 2. The Kier molecular flexibility index (Phi) is 5.49. The number of ether oxygens (including phenoxy) is 1. The van der Waals surface area contributed by atoms with Crippen LogP contribution in [0.25, 0.3) is 0 Å². The largest absolute Gasteiger partial charge is 0.489 e. The standard InChI is InChI=1S/C20H17BrFNO/c21-17-6-11-20(24-14-15-4-2-1-3-5-15)16(12-17)13-23-19-9-7-18(22)8-10-19/h1-12,23H,13-14H2. The monoisotopic (exact) mass is 385 g/mol. The molecule has 0 spiro atoms.